The Morgan fingerprint density at radius 2 is 1.93 bits per heavy atom. The van der Waals surface area contributed by atoms with E-state index in [-0.39, 0.29) is 12.0 Å². The molecule has 3 atom stereocenters. The zero-order valence-corrected chi connectivity index (χ0v) is 18.3. The molecule has 0 spiro atoms. The Hall–Kier alpha value is -1.10. The smallest absolute Gasteiger partial charge is 0.216 e. The van der Waals surface area contributed by atoms with Gasteiger partial charge in [0, 0.05) is 19.7 Å². The van der Waals surface area contributed by atoms with Gasteiger partial charge in [0.25, 0.3) is 0 Å². The molecule has 0 saturated heterocycles. The topological polar surface area (TPSA) is 65.4 Å². The minimum absolute atomic E-state index is 0.232. The van der Waals surface area contributed by atoms with Gasteiger partial charge in [-0.1, -0.05) is 58.3 Å². The average molecular weight is 394 g/mol. The first-order valence-electron chi connectivity index (χ1n) is 11.8. The number of nitrogens with one attached hydrogen (secondary N) is 2. The molecule has 2 aliphatic carbocycles. The van der Waals surface area contributed by atoms with E-state index in [9.17, 15) is 4.79 Å². The number of hydrogen-bond donors (Lipinski definition) is 2. The van der Waals surface area contributed by atoms with Crippen molar-refractivity contribution in [2.45, 2.75) is 109 Å². The van der Waals surface area contributed by atoms with Gasteiger partial charge in [0.2, 0.25) is 6.41 Å². The summed E-state index contributed by atoms with van der Waals surface area (Å²) in [6, 6.07) is 0.288. The molecule has 2 aliphatic rings. The summed E-state index contributed by atoms with van der Waals surface area (Å²) in [5, 5.41) is 11.5. The van der Waals surface area contributed by atoms with Crippen LogP contribution < -0.4 is 5.32 Å². The van der Waals surface area contributed by atoms with Crippen LogP contribution in [0.1, 0.15) is 96.8 Å². The second-order valence-electron chi connectivity index (χ2n) is 9.10. The number of carbonyl (C=O) groups excluding carboxylic acids is 1. The van der Waals surface area contributed by atoms with E-state index in [1.54, 1.807) is 7.05 Å². The third kappa shape index (κ3) is 8.50. The molecule has 5 heteroatoms. The number of hydrogen-bond acceptors (Lipinski definition) is 3. The van der Waals surface area contributed by atoms with Gasteiger partial charge in [0.15, 0.2) is 5.96 Å². The van der Waals surface area contributed by atoms with Gasteiger partial charge >= 0.3 is 0 Å². The molecule has 2 N–H and O–H groups in total. The van der Waals surface area contributed by atoms with Crippen LogP contribution in [-0.4, -0.2) is 43.1 Å². The van der Waals surface area contributed by atoms with Crippen LogP contribution in [0, 0.1) is 17.2 Å². The number of amides is 1. The van der Waals surface area contributed by atoms with Gasteiger partial charge in [-0.3, -0.25) is 15.1 Å². The van der Waals surface area contributed by atoms with E-state index in [1.807, 2.05) is 0 Å². The molecule has 162 valence electrons. The molecule has 1 amide bonds. The molecule has 0 aromatic heterocycles. The summed E-state index contributed by atoms with van der Waals surface area (Å²) >= 11 is 0. The minimum Gasteiger partial charge on any atom is -0.378 e. The summed E-state index contributed by atoms with van der Waals surface area (Å²) in [5.74, 6) is 1.75. The van der Waals surface area contributed by atoms with Crippen LogP contribution >= 0.6 is 0 Å². The predicted octanol–water partition coefficient (Wildman–Crippen LogP) is 5.09. The predicted molar refractivity (Wildman–Crippen MR) is 116 cm³/mol. The standard InChI is InChI=1S/C23H43N3O2/c1-3-4-15-28-22-12-8-11-20(17-22)16-21(25-23(24)26(2)18-27)14-13-19-9-6-5-7-10-19/h18-22H,3-17H2,1-2H3,(H2,24,25)/t20-,21-,22-/m1/s1. The summed E-state index contributed by atoms with van der Waals surface area (Å²) in [7, 11) is 1.65. The maximum absolute atomic E-state index is 11.0. The molecule has 0 aromatic carbocycles. The van der Waals surface area contributed by atoms with Crippen LogP contribution in [0.4, 0.5) is 0 Å². The molecule has 0 bridgehead atoms. The van der Waals surface area contributed by atoms with Crippen LogP contribution in [-0.2, 0) is 9.53 Å². The zero-order chi connectivity index (χ0) is 20.2. The Labute approximate surface area is 172 Å². The van der Waals surface area contributed by atoms with Crippen molar-refractivity contribution in [3.63, 3.8) is 0 Å². The van der Waals surface area contributed by atoms with Crippen molar-refractivity contribution in [2.75, 3.05) is 13.7 Å². The van der Waals surface area contributed by atoms with E-state index < -0.39 is 0 Å². The van der Waals surface area contributed by atoms with E-state index >= 15 is 0 Å². The fourth-order valence-electron chi connectivity index (χ4n) is 4.91. The van der Waals surface area contributed by atoms with E-state index in [2.05, 4.69) is 12.2 Å². The summed E-state index contributed by atoms with van der Waals surface area (Å²) in [4.78, 5) is 12.4. The molecule has 0 heterocycles. The van der Waals surface area contributed by atoms with Gasteiger partial charge in [0.1, 0.15) is 0 Å². The lowest BCUT2D eigenvalue weighted by Crippen LogP contribution is -2.44. The summed E-state index contributed by atoms with van der Waals surface area (Å²) in [6.07, 6.45) is 18.7. The molecule has 0 unspecified atom stereocenters. The maximum atomic E-state index is 11.0. The Kier molecular flexibility index (Phi) is 10.9. The van der Waals surface area contributed by atoms with Crippen molar-refractivity contribution in [3.05, 3.63) is 0 Å². The molecule has 2 fully saturated rings. The molecule has 0 aliphatic heterocycles. The fourth-order valence-corrected chi connectivity index (χ4v) is 4.91. The lowest BCUT2D eigenvalue weighted by atomic mass is 9.80. The van der Waals surface area contributed by atoms with E-state index in [4.69, 9.17) is 10.1 Å². The minimum atomic E-state index is 0.232. The Balaban J connectivity index is 1.85. The van der Waals surface area contributed by atoms with Crippen LogP contribution in [0.3, 0.4) is 0 Å². The number of carbonyl (C=O) groups is 1. The van der Waals surface area contributed by atoms with Crippen molar-refractivity contribution in [1.82, 2.24) is 10.2 Å². The van der Waals surface area contributed by atoms with Gasteiger partial charge in [-0.2, -0.15) is 0 Å². The first-order chi connectivity index (χ1) is 13.6. The lowest BCUT2D eigenvalue weighted by molar-refractivity contribution is -0.114. The van der Waals surface area contributed by atoms with Gasteiger partial charge in [-0.25, -0.2) is 0 Å². The second kappa shape index (κ2) is 13.2. The normalized spacial score (nSPS) is 24.5. The first-order valence-corrected chi connectivity index (χ1v) is 11.8. The molecular formula is C23H43N3O2. The van der Waals surface area contributed by atoms with Crippen molar-refractivity contribution in [1.29, 1.82) is 5.41 Å². The van der Waals surface area contributed by atoms with Crippen molar-refractivity contribution < 1.29 is 9.53 Å². The molecule has 5 nitrogen and oxygen atoms in total. The number of ether oxygens (including phenoxy) is 1. The Bertz CT molecular complexity index is 451. The van der Waals surface area contributed by atoms with Gasteiger partial charge in [-0.15, -0.1) is 0 Å². The zero-order valence-electron chi connectivity index (χ0n) is 18.3. The SMILES string of the molecule is CCCCO[C@@H]1CCC[C@H](C[C@@H](CCC2CCCCC2)NC(=N)N(C)C=O)C1. The van der Waals surface area contributed by atoms with E-state index in [1.165, 1.54) is 69.1 Å². The Morgan fingerprint density at radius 3 is 2.64 bits per heavy atom. The highest BCUT2D eigenvalue weighted by Gasteiger charge is 2.26. The fraction of sp³-hybridized carbons (Fsp3) is 0.913. The lowest BCUT2D eigenvalue weighted by Gasteiger charge is -2.33. The second-order valence-corrected chi connectivity index (χ2v) is 9.10. The molecule has 2 rings (SSSR count). The first kappa shape index (κ1) is 23.2. The van der Waals surface area contributed by atoms with Gasteiger partial charge < -0.3 is 10.1 Å². The van der Waals surface area contributed by atoms with E-state index in [0.29, 0.717) is 18.4 Å². The molecule has 2 saturated carbocycles. The molecular weight excluding hydrogens is 350 g/mol. The summed E-state index contributed by atoms with van der Waals surface area (Å²) in [5.41, 5.74) is 0. The average Bonchev–Trinajstić information content (AvgIpc) is 2.72. The summed E-state index contributed by atoms with van der Waals surface area (Å²) in [6.45, 7) is 3.10. The van der Waals surface area contributed by atoms with Crippen molar-refractivity contribution in [3.8, 4) is 0 Å². The highest BCUT2D eigenvalue weighted by atomic mass is 16.5. The highest BCUT2D eigenvalue weighted by molar-refractivity contribution is 5.86. The van der Waals surface area contributed by atoms with Crippen molar-refractivity contribution >= 4 is 12.4 Å². The van der Waals surface area contributed by atoms with Gasteiger partial charge in [-0.05, 0) is 50.4 Å². The largest absolute Gasteiger partial charge is 0.378 e. The van der Waals surface area contributed by atoms with Crippen LogP contribution in [0.2, 0.25) is 0 Å². The van der Waals surface area contributed by atoms with Crippen LogP contribution in [0.5, 0.6) is 0 Å². The number of guanidine groups is 1. The quantitative estimate of drug-likeness (QED) is 0.222. The third-order valence-electron chi connectivity index (χ3n) is 6.70. The Morgan fingerprint density at radius 1 is 1.18 bits per heavy atom. The number of unbranched alkanes of at least 4 members (excludes halogenated alkanes) is 1. The number of nitrogens with zero attached hydrogens (tertiary/aromatic N) is 1. The highest BCUT2D eigenvalue weighted by Crippen LogP contribution is 2.32. The molecule has 28 heavy (non-hydrogen) atoms. The molecule has 0 aromatic rings. The van der Waals surface area contributed by atoms with Crippen LogP contribution in [0.15, 0.2) is 0 Å². The number of rotatable bonds is 11. The third-order valence-corrected chi connectivity index (χ3v) is 6.70. The van der Waals surface area contributed by atoms with Crippen molar-refractivity contribution in [2.24, 2.45) is 11.8 Å². The molecule has 0 radical (unpaired) electrons. The monoisotopic (exact) mass is 393 g/mol. The summed E-state index contributed by atoms with van der Waals surface area (Å²) < 4.78 is 6.11. The van der Waals surface area contributed by atoms with Gasteiger partial charge in [0.05, 0.1) is 6.10 Å². The maximum Gasteiger partial charge on any atom is 0.216 e. The van der Waals surface area contributed by atoms with E-state index in [0.717, 1.165) is 38.2 Å². The van der Waals surface area contributed by atoms with Crippen LogP contribution in [0.25, 0.3) is 0 Å².